The number of hydrogen-bond donors (Lipinski definition) is 2. The minimum Gasteiger partial charge on any atom is -0.444 e. The summed E-state index contributed by atoms with van der Waals surface area (Å²) < 4.78 is 25.5. The van der Waals surface area contributed by atoms with E-state index in [0.29, 0.717) is 56.9 Å². The Morgan fingerprint density at radius 1 is 1.09 bits per heavy atom. The third-order valence-corrected chi connectivity index (χ3v) is 5.33. The molecule has 1 fully saturated rings. The average Bonchev–Trinajstić information content (AvgIpc) is 3.29. The summed E-state index contributed by atoms with van der Waals surface area (Å²) in [6.07, 6.45) is 1.63. The molecule has 0 spiro atoms. The van der Waals surface area contributed by atoms with Gasteiger partial charge in [-0.1, -0.05) is 23.8 Å². The second-order valence-electron chi connectivity index (χ2n) is 7.67. The summed E-state index contributed by atoms with van der Waals surface area (Å²) in [5, 5.41) is 6.42. The molecule has 8 heteroatoms. The van der Waals surface area contributed by atoms with E-state index in [9.17, 15) is 4.39 Å². The quantitative estimate of drug-likeness (QED) is 0.454. The first-order valence-electron chi connectivity index (χ1n) is 10.7. The Labute approximate surface area is 187 Å². The summed E-state index contributed by atoms with van der Waals surface area (Å²) in [6.45, 7) is 5.62. The number of halogens is 1. The zero-order chi connectivity index (χ0) is 22.3. The lowest BCUT2D eigenvalue weighted by Gasteiger charge is -2.29. The zero-order valence-electron chi connectivity index (χ0n) is 18.4. The molecule has 0 unspecified atom stereocenters. The molecule has 2 N–H and O–H groups in total. The molecule has 0 amide bonds. The van der Waals surface area contributed by atoms with Gasteiger partial charge in [0.2, 0.25) is 5.89 Å². The smallest absolute Gasteiger partial charge is 0.226 e. The maximum Gasteiger partial charge on any atom is 0.226 e. The van der Waals surface area contributed by atoms with Crippen LogP contribution < -0.4 is 15.5 Å². The minimum absolute atomic E-state index is 0.222. The van der Waals surface area contributed by atoms with Crippen LogP contribution in [0.3, 0.4) is 0 Å². The summed E-state index contributed by atoms with van der Waals surface area (Å²) >= 11 is 0. The average molecular weight is 438 g/mol. The van der Waals surface area contributed by atoms with E-state index < -0.39 is 0 Å². The van der Waals surface area contributed by atoms with Gasteiger partial charge in [-0.05, 0) is 36.8 Å². The zero-order valence-corrected chi connectivity index (χ0v) is 18.4. The van der Waals surface area contributed by atoms with Gasteiger partial charge in [0.25, 0.3) is 0 Å². The van der Waals surface area contributed by atoms with Crippen molar-refractivity contribution >= 4 is 11.6 Å². The first kappa shape index (κ1) is 21.8. The predicted molar refractivity (Wildman–Crippen MR) is 123 cm³/mol. The molecule has 168 valence electrons. The third-order valence-electron chi connectivity index (χ3n) is 5.33. The van der Waals surface area contributed by atoms with Crippen LogP contribution in [-0.4, -0.2) is 44.3 Å². The van der Waals surface area contributed by atoms with Gasteiger partial charge in [-0.3, -0.25) is 4.99 Å². The number of rotatable bonds is 6. The lowest BCUT2D eigenvalue weighted by atomic mass is 10.1. The molecule has 1 aliphatic heterocycles. The Morgan fingerprint density at radius 3 is 2.56 bits per heavy atom. The molecular formula is C24H28FN5O2. The normalized spacial score (nSPS) is 14.5. The van der Waals surface area contributed by atoms with E-state index in [1.54, 1.807) is 19.4 Å². The number of aliphatic imine (C=N–C) groups is 1. The number of guanidine groups is 1. The predicted octanol–water partition coefficient (Wildman–Crippen LogP) is 3.49. The lowest BCUT2D eigenvalue weighted by molar-refractivity contribution is 0.122. The van der Waals surface area contributed by atoms with Crippen LogP contribution in [0, 0.1) is 12.7 Å². The van der Waals surface area contributed by atoms with Gasteiger partial charge in [0.1, 0.15) is 12.1 Å². The maximum absolute atomic E-state index is 14.6. The van der Waals surface area contributed by atoms with E-state index >= 15 is 0 Å². The molecule has 0 bridgehead atoms. The molecule has 1 aromatic heterocycles. The van der Waals surface area contributed by atoms with Crippen LogP contribution in [0.1, 0.15) is 16.8 Å². The third kappa shape index (κ3) is 5.45. The van der Waals surface area contributed by atoms with Crippen molar-refractivity contribution in [1.29, 1.82) is 0 Å². The number of anilines is 1. The standard InChI is InChI=1S/C24H28FN5O2/c1-17-3-6-19(7-4-17)23-29-20(16-32-23)15-28-24(26-2)27-14-18-5-8-22(21(25)13-18)30-9-11-31-12-10-30/h3-8,13,16H,9-12,14-15H2,1-2H3,(H2,26,27,28). The minimum atomic E-state index is -0.222. The van der Waals surface area contributed by atoms with Crippen molar-refractivity contribution in [2.45, 2.75) is 20.0 Å². The van der Waals surface area contributed by atoms with Crippen LogP contribution in [0.5, 0.6) is 0 Å². The van der Waals surface area contributed by atoms with Gasteiger partial charge < -0.3 is 24.7 Å². The molecule has 2 aromatic carbocycles. The topological polar surface area (TPSA) is 74.9 Å². The van der Waals surface area contributed by atoms with Crippen LogP contribution in [0.25, 0.3) is 11.5 Å². The van der Waals surface area contributed by atoms with Crippen molar-refractivity contribution in [3.05, 3.63) is 71.4 Å². The summed E-state index contributed by atoms with van der Waals surface area (Å²) in [4.78, 5) is 10.8. The number of oxazole rings is 1. The number of nitrogens with one attached hydrogen (secondary N) is 2. The molecule has 0 radical (unpaired) electrons. The van der Waals surface area contributed by atoms with Gasteiger partial charge >= 0.3 is 0 Å². The van der Waals surface area contributed by atoms with E-state index in [1.807, 2.05) is 48.2 Å². The van der Waals surface area contributed by atoms with E-state index in [4.69, 9.17) is 9.15 Å². The number of aryl methyl sites for hydroxylation is 1. The fraction of sp³-hybridized carbons (Fsp3) is 0.333. The van der Waals surface area contributed by atoms with Gasteiger partial charge in [0.05, 0.1) is 31.1 Å². The number of benzene rings is 2. The van der Waals surface area contributed by atoms with Gasteiger partial charge in [-0.2, -0.15) is 0 Å². The van der Waals surface area contributed by atoms with Crippen molar-refractivity contribution in [3.63, 3.8) is 0 Å². The highest BCUT2D eigenvalue weighted by Crippen LogP contribution is 2.22. The molecule has 3 aromatic rings. The van der Waals surface area contributed by atoms with Crippen molar-refractivity contribution in [3.8, 4) is 11.5 Å². The number of hydrogen-bond acceptors (Lipinski definition) is 5. The lowest BCUT2D eigenvalue weighted by Crippen LogP contribution is -2.37. The number of ether oxygens (including phenoxy) is 1. The summed E-state index contributed by atoms with van der Waals surface area (Å²) in [5.41, 5.74) is 4.35. The first-order valence-corrected chi connectivity index (χ1v) is 10.7. The van der Waals surface area contributed by atoms with Crippen LogP contribution in [0.4, 0.5) is 10.1 Å². The van der Waals surface area contributed by atoms with E-state index in [0.717, 1.165) is 16.8 Å². The monoisotopic (exact) mass is 437 g/mol. The van der Waals surface area contributed by atoms with Gasteiger partial charge in [-0.15, -0.1) is 0 Å². The molecule has 32 heavy (non-hydrogen) atoms. The second-order valence-corrected chi connectivity index (χ2v) is 7.67. The number of morpholine rings is 1. The Bertz CT molecular complexity index is 1060. The highest BCUT2D eigenvalue weighted by Gasteiger charge is 2.15. The molecule has 1 aliphatic rings. The second kappa shape index (κ2) is 10.3. The van der Waals surface area contributed by atoms with Gasteiger partial charge in [0.15, 0.2) is 5.96 Å². The highest BCUT2D eigenvalue weighted by atomic mass is 19.1. The van der Waals surface area contributed by atoms with E-state index in [1.165, 1.54) is 5.56 Å². The Hall–Kier alpha value is -3.39. The molecule has 2 heterocycles. The Balaban J connectivity index is 1.30. The number of aromatic nitrogens is 1. The van der Waals surface area contributed by atoms with Crippen LogP contribution in [0.2, 0.25) is 0 Å². The Morgan fingerprint density at radius 2 is 1.84 bits per heavy atom. The molecule has 1 saturated heterocycles. The van der Waals surface area contributed by atoms with Gasteiger partial charge in [-0.25, -0.2) is 9.37 Å². The summed E-state index contributed by atoms with van der Waals surface area (Å²) in [7, 11) is 1.69. The molecule has 4 rings (SSSR count). The Kier molecular flexibility index (Phi) is 7.01. The molecule has 0 saturated carbocycles. The molecule has 7 nitrogen and oxygen atoms in total. The van der Waals surface area contributed by atoms with Crippen LogP contribution >= 0.6 is 0 Å². The van der Waals surface area contributed by atoms with E-state index in [2.05, 4.69) is 20.6 Å². The van der Waals surface area contributed by atoms with Crippen molar-refractivity contribution < 1.29 is 13.5 Å². The largest absolute Gasteiger partial charge is 0.444 e. The fourth-order valence-electron chi connectivity index (χ4n) is 3.52. The van der Waals surface area contributed by atoms with Gasteiger partial charge in [0, 0.05) is 32.2 Å². The van der Waals surface area contributed by atoms with E-state index in [-0.39, 0.29) is 5.82 Å². The highest BCUT2D eigenvalue weighted by molar-refractivity contribution is 5.79. The molecule has 0 aliphatic carbocycles. The van der Waals surface area contributed by atoms with Crippen LogP contribution in [-0.2, 0) is 17.8 Å². The molecule has 0 atom stereocenters. The first-order chi connectivity index (χ1) is 15.6. The van der Waals surface area contributed by atoms with Crippen molar-refractivity contribution in [2.75, 3.05) is 38.3 Å². The summed E-state index contributed by atoms with van der Waals surface area (Å²) in [5.74, 6) is 0.962. The fourth-order valence-corrected chi connectivity index (χ4v) is 3.52. The SMILES string of the molecule is CN=C(NCc1ccc(N2CCOCC2)c(F)c1)NCc1coc(-c2ccc(C)cc2)n1. The van der Waals surface area contributed by atoms with Crippen molar-refractivity contribution in [2.24, 2.45) is 4.99 Å². The van der Waals surface area contributed by atoms with Crippen molar-refractivity contribution in [1.82, 2.24) is 15.6 Å². The summed E-state index contributed by atoms with van der Waals surface area (Å²) in [6, 6.07) is 13.4. The number of nitrogens with zero attached hydrogens (tertiary/aromatic N) is 3. The van der Waals surface area contributed by atoms with Crippen LogP contribution in [0.15, 0.2) is 58.1 Å². The maximum atomic E-state index is 14.6. The molecular weight excluding hydrogens is 409 g/mol.